The van der Waals surface area contributed by atoms with Crippen LogP contribution in [0.2, 0.25) is 0 Å². The number of hydrogen-bond donors (Lipinski definition) is 2. The summed E-state index contributed by atoms with van der Waals surface area (Å²) in [5.74, 6) is 0. The maximum Gasteiger partial charge on any atom is 0.0541 e. The molecule has 0 unspecified atom stereocenters. The van der Waals surface area contributed by atoms with Gasteiger partial charge >= 0.3 is 0 Å². The van der Waals surface area contributed by atoms with Gasteiger partial charge in [0.1, 0.15) is 0 Å². The van der Waals surface area contributed by atoms with Gasteiger partial charge in [-0.3, -0.25) is 0 Å². The second-order valence-electron chi connectivity index (χ2n) is 4.19. The molecule has 2 heteroatoms. The zero-order valence-corrected chi connectivity index (χ0v) is 8.92. The largest absolute Gasteiger partial charge is 0.393 e. The third kappa shape index (κ3) is 3.65. The Kier molecular flexibility index (Phi) is 4.74. The van der Waals surface area contributed by atoms with E-state index in [0.29, 0.717) is 12.1 Å². The number of aliphatic hydroxyl groups is 1. The molecule has 0 aromatic rings. The Bertz CT molecular complexity index is 126. The first-order chi connectivity index (χ1) is 6.26. The van der Waals surface area contributed by atoms with Gasteiger partial charge in [0.25, 0.3) is 0 Å². The fraction of sp³-hybridized carbons (Fsp3) is 1.00. The van der Waals surface area contributed by atoms with Crippen LogP contribution in [0.15, 0.2) is 0 Å². The van der Waals surface area contributed by atoms with Crippen LogP contribution in [0.3, 0.4) is 0 Å². The molecule has 0 heterocycles. The van der Waals surface area contributed by atoms with Crippen molar-refractivity contribution in [1.29, 1.82) is 0 Å². The first-order valence-electron chi connectivity index (χ1n) is 5.70. The second-order valence-corrected chi connectivity index (χ2v) is 4.19. The predicted molar refractivity (Wildman–Crippen MR) is 55.8 cm³/mol. The quantitative estimate of drug-likeness (QED) is 0.702. The third-order valence-corrected chi connectivity index (χ3v) is 3.15. The standard InChI is InChI=1S/C11H23NO/c1-3-9(4-2)12-10-5-7-11(13)8-6-10/h9-13H,3-8H2,1-2H3/t10-,11-. The highest BCUT2D eigenvalue weighted by Gasteiger charge is 2.20. The van der Waals surface area contributed by atoms with Gasteiger partial charge in [-0.2, -0.15) is 0 Å². The average molecular weight is 185 g/mol. The fourth-order valence-corrected chi connectivity index (χ4v) is 2.10. The van der Waals surface area contributed by atoms with E-state index in [1.54, 1.807) is 0 Å². The molecule has 1 rings (SSSR count). The summed E-state index contributed by atoms with van der Waals surface area (Å²) < 4.78 is 0. The molecule has 2 nitrogen and oxygen atoms in total. The van der Waals surface area contributed by atoms with Crippen molar-refractivity contribution in [3.63, 3.8) is 0 Å². The lowest BCUT2D eigenvalue weighted by molar-refractivity contribution is 0.114. The number of rotatable bonds is 4. The molecule has 0 aromatic carbocycles. The van der Waals surface area contributed by atoms with Crippen LogP contribution in [0.25, 0.3) is 0 Å². The lowest BCUT2D eigenvalue weighted by atomic mass is 9.92. The SMILES string of the molecule is CCC(CC)N[C@H]1CC[C@H](O)CC1. The molecule has 1 fully saturated rings. The molecule has 2 N–H and O–H groups in total. The molecule has 1 aliphatic rings. The van der Waals surface area contributed by atoms with Crippen LogP contribution in [0.4, 0.5) is 0 Å². The Morgan fingerprint density at radius 1 is 1.15 bits per heavy atom. The summed E-state index contributed by atoms with van der Waals surface area (Å²) in [6.07, 6.45) is 6.68. The smallest absolute Gasteiger partial charge is 0.0541 e. The van der Waals surface area contributed by atoms with E-state index in [0.717, 1.165) is 25.7 Å². The van der Waals surface area contributed by atoms with E-state index in [2.05, 4.69) is 19.2 Å². The molecule has 0 saturated heterocycles. The van der Waals surface area contributed by atoms with Gasteiger partial charge in [0.2, 0.25) is 0 Å². The number of hydrogen-bond acceptors (Lipinski definition) is 2. The second kappa shape index (κ2) is 5.61. The summed E-state index contributed by atoms with van der Waals surface area (Å²) in [7, 11) is 0. The Hall–Kier alpha value is -0.0800. The van der Waals surface area contributed by atoms with E-state index in [1.807, 2.05) is 0 Å². The van der Waals surface area contributed by atoms with Gasteiger partial charge < -0.3 is 10.4 Å². The van der Waals surface area contributed by atoms with Gasteiger partial charge in [-0.25, -0.2) is 0 Å². The summed E-state index contributed by atoms with van der Waals surface area (Å²) in [5, 5.41) is 13.0. The maximum absolute atomic E-state index is 9.35. The molecule has 78 valence electrons. The normalized spacial score (nSPS) is 29.5. The zero-order valence-electron chi connectivity index (χ0n) is 8.92. The number of nitrogens with one attached hydrogen (secondary N) is 1. The first-order valence-corrected chi connectivity index (χ1v) is 5.70. The summed E-state index contributed by atoms with van der Waals surface area (Å²) in [6.45, 7) is 4.47. The van der Waals surface area contributed by atoms with Crippen LogP contribution in [-0.4, -0.2) is 23.3 Å². The summed E-state index contributed by atoms with van der Waals surface area (Å²) in [6, 6.07) is 1.34. The van der Waals surface area contributed by atoms with Crippen molar-refractivity contribution in [3.8, 4) is 0 Å². The van der Waals surface area contributed by atoms with Gasteiger partial charge in [-0.15, -0.1) is 0 Å². The first kappa shape index (κ1) is 11.0. The molecule has 0 spiro atoms. The van der Waals surface area contributed by atoms with Crippen LogP contribution >= 0.6 is 0 Å². The minimum atomic E-state index is -0.0280. The highest BCUT2D eigenvalue weighted by molar-refractivity contribution is 4.79. The highest BCUT2D eigenvalue weighted by atomic mass is 16.3. The van der Waals surface area contributed by atoms with Gasteiger partial charge in [-0.1, -0.05) is 13.8 Å². The minimum Gasteiger partial charge on any atom is -0.393 e. The van der Waals surface area contributed by atoms with Crippen molar-refractivity contribution in [3.05, 3.63) is 0 Å². The van der Waals surface area contributed by atoms with Crippen molar-refractivity contribution in [2.75, 3.05) is 0 Å². The minimum absolute atomic E-state index is 0.0280. The molecule has 0 aliphatic heterocycles. The Morgan fingerprint density at radius 2 is 1.69 bits per heavy atom. The lowest BCUT2D eigenvalue weighted by Crippen LogP contribution is -2.40. The summed E-state index contributed by atoms with van der Waals surface area (Å²) in [5.41, 5.74) is 0. The van der Waals surface area contributed by atoms with E-state index < -0.39 is 0 Å². The molecule has 0 atom stereocenters. The highest BCUT2D eigenvalue weighted by Crippen LogP contribution is 2.19. The van der Waals surface area contributed by atoms with Crippen molar-refractivity contribution in [2.45, 2.75) is 70.6 Å². The van der Waals surface area contributed by atoms with Crippen molar-refractivity contribution >= 4 is 0 Å². The van der Waals surface area contributed by atoms with E-state index in [4.69, 9.17) is 0 Å². The van der Waals surface area contributed by atoms with Gasteiger partial charge in [-0.05, 0) is 38.5 Å². The molecule has 13 heavy (non-hydrogen) atoms. The van der Waals surface area contributed by atoms with Crippen LogP contribution in [0.5, 0.6) is 0 Å². The molecular formula is C11H23NO. The Morgan fingerprint density at radius 3 is 2.15 bits per heavy atom. The van der Waals surface area contributed by atoms with Crippen LogP contribution in [0, 0.1) is 0 Å². The lowest BCUT2D eigenvalue weighted by Gasteiger charge is -2.29. The molecule has 0 radical (unpaired) electrons. The third-order valence-electron chi connectivity index (χ3n) is 3.15. The van der Waals surface area contributed by atoms with E-state index in [9.17, 15) is 5.11 Å². The molecule has 1 saturated carbocycles. The van der Waals surface area contributed by atoms with Crippen molar-refractivity contribution < 1.29 is 5.11 Å². The van der Waals surface area contributed by atoms with Crippen LogP contribution in [0.1, 0.15) is 52.4 Å². The molecule has 0 aromatic heterocycles. The fourth-order valence-electron chi connectivity index (χ4n) is 2.10. The molecule has 0 amide bonds. The van der Waals surface area contributed by atoms with Crippen LogP contribution < -0.4 is 5.32 Å². The monoisotopic (exact) mass is 185 g/mol. The van der Waals surface area contributed by atoms with E-state index in [-0.39, 0.29) is 6.10 Å². The Labute approximate surface area is 81.7 Å². The van der Waals surface area contributed by atoms with Gasteiger partial charge in [0, 0.05) is 12.1 Å². The average Bonchev–Trinajstić information content (AvgIpc) is 2.17. The summed E-state index contributed by atoms with van der Waals surface area (Å²) >= 11 is 0. The van der Waals surface area contributed by atoms with Crippen LogP contribution in [-0.2, 0) is 0 Å². The van der Waals surface area contributed by atoms with Crippen molar-refractivity contribution in [2.24, 2.45) is 0 Å². The van der Waals surface area contributed by atoms with E-state index >= 15 is 0 Å². The Balaban J connectivity index is 2.21. The summed E-state index contributed by atoms with van der Waals surface area (Å²) in [4.78, 5) is 0. The number of aliphatic hydroxyl groups excluding tert-OH is 1. The van der Waals surface area contributed by atoms with Gasteiger partial charge in [0.15, 0.2) is 0 Å². The molecule has 0 bridgehead atoms. The topological polar surface area (TPSA) is 32.3 Å². The zero-order chi connectivity index (χ0) is 9.68. The van der Waals surface area contributed by atoms with E-state index in [1.165, 1.54) is 12.8 Å². The van der Waals surface area contributed by atoms with Crippen molar-refractivity contribution in [1.82, 2.24) is 5.32 Å². The van der Waals surface area contributed by atoms with Gasteiger partial charge in [0.05, 0.1) is 6.10 Å². The molecule has 1 aliphatic carbocycles. The predicted octanol–water partition coefficient (Wildman–Crippen LogP) is 2.07. The maximum atomic E-state index is 9.35. The molecular weight excluding hydrogens is 162 g/mol.